The van der Waals surface area contributed by atoms with Crippen LogP contribution in [0.25, 0.3) is 0 Å². The summed E-state index contributed by atoms with van der Waals surface area (Å²) in [6, 6.07) is 10.7. The first kappa shape index (κ1) is 13.6. The third kappa shape index (κ3) is 3.14. The van der Waals surface area contributed by atoms with Crippen molar-refractivity contribution in [3.63, 3.8) is 0 Å². The van der Waals surface area contributed by atoms with E-state index in [1.54, 1.807) is 0 Å². The minimum absolute atomic E-state index is 0.0476. The molecule has 1 fully saturated rings. The number of ether oxygens (including phenoxy) is 1. The van der Waals surface area contributed by atoms with E-state index in [1.165, 1.54) is 50.5 Å². The second-order valence-corrected chi connectivity index (χ2v) is 5.53. The van der Waals surface area contributed by atoms with Gasteiger partial charge < -0.3 is 4.74 Å². The number of hydrogen-bond acceptors (Lipinski definition) is 1. The molecule has 0 N–H and O–H groups in total. The van der Waals surface area contributed by atoms with Crippen molar-refractivity contribution in [1.82, 2.24) is 0 Å². The summed E-state index contributed by atoms with van der Waals surface area (Å²) < 4.78 is 5.92. The molecule has 1 heteroatoms. The van der Waals surface area contributed by atoms with Crippen LogP contribution in [0.1, 0.15) is 64.4 Å². The fraction of sp³-hybridized carbons (Fsp3) is 0.647. The van der Waals surface area contributed by atoms with Crippen LogP contribution in [0.4, 0.5) is 0 Å². The molecule has 100 valence electrons. The lowest BCUT2D eigenvalue weighted by molar-refractivity contribution is 0.278. The molecule has 0 amide bonds. The molecule has 1 nitrogen and oxygen atoms in total. The fourth-order valence-corrected chi connectivity index (χ4v) is 2.88. The first-order chi connectivity index (χ1) is 8.79. The summed E-state index contributed by atoms with van der Waals surface area (Å²) in [5.74, 6) is 0. The molecule has 0 radical (unpaired) electrons. The van der Waals surface area contributed by atoms with Gasteiger partial charge in [-0.15, -0.1) is 0 Å². The van der Waals surface area contributed by atoms with Crippen molar-refractivity contribution >= 4 is 0 Å². The number of unbranched alkanes of at least 4 members (excludes halogenated alkanes) is 5. The first-order valence-corrected chi connectivity index (χ1v) is 7.53. The Morgan fingerprint density at radius 2 is 1.61 bits per heavy atom. The van der Waals surface area contributed by atoms with E-state index >= 15 is 0 Å². The molecule has 0 saturated carbocycles. The Balaban J connectivity index is 1.77. The van der Waals surface area contributed by atoms with Crippen LogP contribution in [-0.2, 0) is 10.3 Å². The van der Waals surface area contributed by atoms with Gasteiger partial charge in [-0.05, 0) is 18.9 Å². The van der Waals surface area contributed by atoms with Gasteiger partial charge in [-0.2, -0.15) is 0 Å². The fourth-order valence-electron chi connectivity index (χ4n) is 2.88. The Hall–Kier alpha value is -0.820. The summed E-state index contributed by atoms with van der Waals surface area (Å²) in [6.45, 7) is 4.47. The van der Waals surface area contributed by atoms with Gasteiger partial charge in [-0.1, -0.05) is 75.8 Å². The second kappa shape index (κ2) is 6.38. The Labute approximate surface area is 112 Å². The van der Waals surface area contributed by atoms with Crippen molar-refractivity contribution < 1.29 is 4.74 Å². The van der Waals surface area contributed by atoms with Gasteiger partial charge in [0, 0.05) is 0 Å². The van der Waals surface area contributed by atoms with Crippen LogP contribution in [0.5, 0.6) is 0 Å². The van der Waals surface area contributed by atoms with Gasteiger partial charge in [-0.25, -0.2) is 0 Å². The molecule has 0 aromatic heterocycles. The quantitative estimate of drug-likeness (QED) is 0.462. The van der Waals surface area contributed by atoms with Crippen molar-refractivity contribution in [2.24, 2.45) is 0 Å². The van der Waals surface area contributed by atoms with Gasteiger partial charge in [0.2, 0.25) is 0 Å². The largest absolute Gasteiger partial charge is 0.361 e. The van der Waals surface area contributed by atoms with Crippen molar-refractivity contribution in [1.29, 1.82) is 0 Å². The molecule has 1 aromatic carbocycles. The molecule has 1 aliphatic rings. The maximum atomic E-state index is 5.92. The van der Waals surface area contributed by atoms with Gasteiger partial charge in [-0.3, -0.25) is 0 Å². The molecule has 2 rings (SSSR count). The Morgan fingerprint density at radius 3 is 2.22 bits per heavy atom. The molecule has 0 spiro atoms. The van der Waals surface area contributed by atoms with Gasteiger partial charge >= 0.3 is 0 Å². The molecule has 1 saturated heterocycles. The lowest BCUT2D eigenvalue weighted by Crippen LogP contribution is -2.11. The molecule has 1 aliphatic heterocycles. The highest BCUT2D eigenvalue weighted by atomic mass is 16.6. The topological polar surface area (TPSA) is 12.5 Å². The third-order valence-electron chi connectivity index (χ3n) is 4.15. The van der Waals surface area contributed by atoms with Gasteiger partial charge in [0.1, 0.15) is 5.60 Å². The molecule has 0 aliphatic carbocycles. The lowest BCUT2D eigenvalue weighted by Gasteiger charge is -2.13. The minimum atomic E-state index is 0.0476. The van der Waals surface area contributed by atoms with Crippen LogP contribution in [0.3, 0.4) is 0 Å². The predicted octanol–water partition coefficient (Wildman–Crippen LogP) is 5.05. The van der Waals surface area contributed by atoms with Gasteiger partial charge in [0.15, 0.2) is 0 Å². The summed E-state index contributed by atoms with van der Waals surface area (Å²) in [5, 5.41) is 0. The normalized spacial score (nSPS) is 26.2. The van der Waals surface area contributed by atoms with Crippen LogP contribution in [0, 0.1) is 0 Å². The number of benzene rings is 1. The molecule has 18 heavy (non-hydrogen) atoms. The summed E-state index contributed by atoms with van der Waals surface area (Å²) in [7, 11) is 0. The molecule has 2 unspecified atom stereocenters. The summed E-state index contributed by atoms with van der Waals surface area (Å²) in [6.07, 6.45) is 9.72. The molecule has 1 heterocycles. The highest BCUT2D eigenvalue weighted by Crippen LogP contribution is 2.49. The molecule has 0 bridgehead atoms. The number of epoxide rings is 1. The van der Waals surface area contributed by atoms with Crippen LogP contribution in [0.15, 0.2) is 30.3 Å². The van der Waals surface area contributed by atoms with E-state index in [4.69, 9.17) is 4.74 Å². The molecule has 2 atom stereocenters. The van der Waals surface area contributed by atoms with E-state index in [0.29, 0.717) is 6.10 Å². The Morgan fingerprint density at radius 1 is 1.00 bits per heavy atom. The third-order valence-corrected chi connectivity index (χ3v) is 4.15. The van der Waals surface area contributed by atoms with Crippen LogP contribution in [0.2, 0.25) is 0 Å². The van der Waals surface area contributed by atoms with Gasteiger partial charge in [0.25, 0.3) is 0 Å². The number of hydrogen-bond donors (Lipinski definition) is 0. The predicted molar refractivity (Wildman–Crippen MR) is 76.7 cm³/mol. The average molecular weight is 246 g/mol. The summed E-state index contributed by atoms with van der Waals surface area (Å²) >= 11 is 0. The van der Waals surface area contributed by atoms with Crippen molar-refractivity contribution in [2.45, 2.75) is 70.5 Å². The zero-order chi connectivity index (χ0) is 12.8. The van der Waals surface area contributed by atoms with Crippen LogP contribution < -0.4 is 0 Å². The van der Waals surface area contributed by atoms with Crippen molar-refractivity contribution in [3.05, 3.63) is 35.9 Å². The smallest absolute Gasteiger partial charge is 0.119 e. The lowest BCUT2D eigenvalue weighted by atomic mass is 9.90. The SMILES string of the molecule is CCCCCCCCC1(c2ccccc2)OC1C. The van der Waals surface area contributed by atoms with E-state index in [0.717, 1.165) is 0 Å². The standard InChI is InChI=1S/C17H26O/c1-3-4-5-6-7-11-14-17(15(2)18-17)16-12-9-8-10-13-16/h8-10,12-13,15H,3-7,11,14H2,1-2H3. The van der Waals surface area contributed by atoms with Crippen molar-refractivity contribution in [2.75, 3.05) is 0 Å². The van der Waals surface area contributed by atoms with E-state index in [2.05, 4.69) is 44.2 Å². The van der Waals surface area contributed by atoms with E-state index in [1.807, 2.05) is 0 Å². The van der Waals surface area contributed by atoms with E-state index in [9.17, 15) is 0 Å². The van der Waals surface area contributed by atoms with Crippen LogP contribution >= 0.6 is 0 Å². The van der Waals surface area contributed by atoms with Crippen molar-refractivity contribution in [3.8, 4) is 0 Å². The second-order valence-electron chi connectivity index (χ2n) is 5.53. The zero-order valence-electron chi connectivity index (χ0n) is 11.8. The summed E-state index contributed by atoms with van der Waals surface area (Å²) in [5.41, 5.74) is 1.41. The maximum Gasteiger partial charge on any atom is 0.119 e. The summed E-state index contributed by atoms with van der Waals surface area (Å²) in [4.78, 5) is 0. The zero-order valence-corrected chi connectivity index (χ0v) is 11.8. The highest BCUT2D eigenvalue weighted by Gasteiger charge is 2.53. The van der Waals surface area contributed by atoms with E-state index < -0.39 is 0 Å². The Bertz CT molecular complexity index is 346. The number of rotatable bonds is 8. The maximum absolute atomic E-state index is 5.92. The Kier molecular flexibility index (Phi) is 4.82. The van der Waals surface area contributed by atoms with Crippen LogP contribution in [-0.4, -0.2) is 6.10 Å². The average Bonchev–Trinajstić information content (AvgIpc) is 3.07. The van der Waals surface area contributed by atoms with Gasteiger partial charge in [0.05, 0.1) is 6.10 Å². The highest BCUT2D eigenvalue weighted by molar-refractivity contribution is 5.28. The molecular weight excluding hydrogens is 220 g/mol. The molecule has 1 aromatic rings. The molecular formula is C17H26O. The van der Waals surface area contributed by atoms with E-state index in [-0.39, 0.29) is 5.60 Å². The first-order valence-electron chi connectivity index (χ1n) is 7.53. The minimum Gasteiger partial charge on any atom is -0.361 e. The monoisotopic (exact) mass is 246 g/mol.